The van der Waals surface area contributed by atoms with Crippen molar-refractivity contribution in [3.05, 3.63) is 18.2 Å². The first-order valence-electron chi connectivity index (χ1n) is 13.3. The van der Waals surface area contributed by atoms with Gasteiger partial charge in [-0.25, -0.2) is 9.78 Å². The number of nitrogens with one attached hydrogen (secondary N) is 5. The van der Waals surface area contributed by atoms with E-state index in [2.05, 4.69) is 31.2 Å². The maximum Gasteiger partial charge on any atom is 0.326 e. The molecule has 0 bridgehead atoms. The molecule has 4 atom stereocenters. The minimum absolute atomic E-state index is 0.0370. The molecule has 0 radical (unpaired) electrons. The van der Waals surface area contributed by atoms with Gasteiger partial charge in [-0.3, -0.25) is 24.0 Å². The van der Waals surface area contributed by atoms with E-state index in [1.165, 1.54) is 12.5 Å². The average molecular weight is 583 g/mol. The maximum absolute atomic E-state index is 12.9. The van der Waals surface area contributed by atoms with Crippen molar-refractivity contribution in [3.8, 4) is 0 Å². The zero-order valence-corrected chi connectivity index (χ0v) is 22.9. The summed E-state index contributed by atoms with van der Waals surface area (Å²) in [5.41, 5.74) is 22.5. The van der Waals surface area contributed by atoms with Gasteiger partial charge in [0.05, 0.1) is 25.3 Å². The summed E-state index contributed by atoms with van der Waals surface area (Å²) in [5.74, 6) is -5.24. The Hall–Kier alpha value is -4.09. The van der Waals surface area contributed by atoms with Gasteiger partial charge in [0.1, 0.15) is 18.1 Å². The van der Waals surface area contributed by atoms with Crippen LogP contribution in [0, 0.1) is 0 Å². The number of primary amides is 1. The number of carboxylic acids is 1. The summed E-state index contributed by atoms with van der Waals surface area (Å²) in [5, 5.41) is 18.9. The molecule has 0 aliphatic rings. The van der Waals surface area contributed by atoms with Crippen molar-refractivity contribution in [2.24, 2.45) is 22.9 Å². The Morgan fingerprint density at radius 3 is 2.05 bits per heavy atom. The number of aliphatic carboxylic acids is 1. The van der Waals surface area contributed by atoms with Gasteiger partial charge in [-0.05, 0) is 45.2 Å². The van der Waals surface area contributed by atoms with Crippen LogP contribution in [-0.4, -0.2) is 94.4 Å². The van der Waals surface area contributed by atoms with Crippen LogP contribution in [0.25, 0.3) is 0 Å². The molecule has 0 saturated carbocycles. The Balaban J connectivity index is 2.84. The first-order valence-corrected chi connectivity index (χ1v) is 13.3. The van der Waals surface area contributed by atoms with Gasteiger partial charge in [0.25, 0.3) is 0 Å². The summed E-state index contributed by atoms with van der Waals surface area (Å²) in [6, 6.07) is -4.71. The number of nitrogens with two attached hydrogens (primary N) is 4. The first kappa shape index (κ1) is 34.9. The smallest absolute Gasteiger partial charge is 0.326 e. The van der Waals surface area contributed by atoms with Gasteiger partial charge in [0.2, 0.25) is 29.5 Å². The van der Waals surface area contributed by atoms with E-state index in [9.17, 15) is 33.9 Å². The van der Waals surface area contributed by atoms with E-state index >= 15 is 0 Å². The van der Waals surface area contributed by atoms with E-state index in [0.717, 1.165) is 0 Å². The predicted octanol–water partition coefficient (Wildman–Crippen LogP) is -3.93. The lowest BCUT2D eigenvalue weighted by Gasteiger charge is -2.22. The molecule has 0 spiro atoms. The number of rotatable bonds is 21. The number of imidazole rings is 1. The molecule has 1 aromatic rings. The quantitative estimate of drug-likeness (QED) is 0.0624. The minimum atomic E-state index is -1.58. The largest absolute Gasteiger partial charge is 0.480 e. The maximum atomic E-state index is 12.9. The van der Waals surface area contributed by atoms with E-state index in [4.69, 9.17) is 22.9 Å². The highest BCUT2D eigenvalue weighted by Gasteiger charge is 2.28. The third-order valence-electron chi connectivity index (χ3n) is 5.96. The van der Waals surface area contributed by atoms with Crippen LogP contribution in [0.5, 0.6) is 0 Å². The molecule has 5 amide bonds. The third-order valence-corrected chi connectivity index (χ3v) is 5.96. The number of amides is 5. The van der Waals surface area contributed by atoms with Crippen molar-refractivity contribution in [1.29, 1.82) is 0 Å². The number of aromatic nitrogens is 2. The van der Waals surface area contributed by atoms with Gasteiger partial charge >= 0.3 is 5.97 Å². The van der Waals surface area contributed by atoms with Gasteiger partial charge in [-0.15, -0.1) is 0 Å². The van der Waals surface area contributed by atoms with Crippen molar-refractivity contribution in [2.45, 2.75) is 75.5 Å². The third kappa shape index (κ3) is 14.2. The fraction of sp³-hybridized carbons (Fsp3) is 0.625. The monoisotopic (exact) mass is 582 g/mol. The van der Waals surface area contributed by atoms with Crippen molar-refractivity contribution < 1.29 is 33.9 Å². The zero-order valence-electron chi connectivity index (χ0n) is 22.9. The Morgan fingerprint density at radius 1 is 0.854 bits per heavy atom. The Kier molecular flexibility index (Phi) is 16.2. The molecule has 0 saturated heterocycles. The molecule has 1 aromatic heterocycles. The van der Waals surface area contributed by atoms with Crippen molar-refractivity contribution >= 4 is 35.5 Å². The average Bonchev–Trinajstić information content (AvgIpc) is 3.43. The SMILES string of the molecule is NCCCC[C@H](NC(=O)CNC(=O)[C@H](Cc1cnc[nH]1)NC(=O)[C@@H](N)CCCCN)C(=O)N[C@@H](CC(N)=O)C(=O)O. The number of H-pyrrole nitrogens is 1. The number of carbonyl (C=O) groups is 6. The van der Waals surface area contributed by atoms with Crippen LogP contribution in [0.4, 0.5) is 0 Å². The summed E-state index contributed by atoms with van der Waals surface area (Å²) in [6.45, 7) is 0.239. The van der Waals surface area contributed by atoms with E-state index in [1.54, 1.807) is 0 Å². The number of nitrogens with zero attached hydrogens (tertiary/aromatic N) is 1. The lowest BCUT2D eigenvalue weighted by Crippen LogP contribution is -2.55. The Morgan fingerprint density at radius 2 is 1.49 bits per heavy atom. The fourth-order valence-corrected chi connectivity index (χ4v) is 3.72. The van der Waals surface area contributed by atoms with Gasteiger partial charge in [-0.1, -0.05) is 6.42 Å². The van der Waals surface area contributed by atoms with Crippen LogP contribution < -0.4 is 44.2 Å². The second-order valence-corrected chi connectivity index (χ2v) is 9.43. The molecule has 0 fully saturated rings. The predicted molar refractivity (Wildman–Crippen MR) is 146 cm³/mol. The number of aromatic amines is 1. The molecular weight excluding hydrogens is 540 g/mol. The van der Waals surface area contributed by atoms with Gasteiger partial charge in [0, 0.05) is 18.3 Å². The number of hydrogen-bond donors (Lipinski definition) is 10. The van der Waals surface area contributed by atoms with Crippen LogP contribution in [0.1, 0.15) is 50.6 Å². The minimum Gasteiger partial charge on any atom is -0.480 e. The van der Waals surface area contributed by atoms with Gasteiger partial charge in [-0.2, -0.15) is 0 Å². The van der Waals surface area contributed by atoms with E-state index in [1.807, 2.05) is 0 Å². The number of carbonyl (C=O) groups excluding carboxylic acids is 5. The second-order valence-electron chi connectivity index (χ2n) is 9.43. The molecule has 1 heterocycles. The summed E-state index contributed by atoms with van der Waals surface area (Å²) < 4.78 is 0. The number of unbranched alkanes of at least 4 members (excludes halogenated alkanes) is 2. The molecule has 0 aromatic carbocycles. The molecule has 1 rings (SSSR count). The van der Waals surface area contributed by atoms with Crippen molar-refractivity contribution in [2.75, 3.05) is 19.6 Å². The molecule has 14 N–H and O–H groups in total. The van der Waals surface area contributed by atoms with Gasteiger partial charge < -0.3 is 54.3 Å². The summed E-state index contributed by atoms with van der Waals surface area (Å²) in [6.07, 6.45) is 5.07. The molecule has 0 aliphatic carbocycles. The molecule has 230 valence electrons. The fourth-order valence-electron chi connectivity index (χ4n) is 3.72. The highest BCUT2D eigenvalue weighted by Crippen LogP contribution is 2.04. The lowest BCUT2D eigenvalue weighted by molar-refractivity contribution is -0.143. The Bertz CT molecular complexity index is 1000. The highest BCUT2D eigenvalue weighted by molar-refractivity contribution is 5.94. The standard InChI is InChI=1S/C24H42N10O7/c25-7-3-1-5-15(27)21(37)33-17(9-14-11-29-13-31-14)22(38)30-12-20(36)32-16(6-2-4-8-26)23(39)34-18(24(40)41)10-19(28)35/h11,13,15-18H,1-10,12,25-27H2,(H2,28,35)(H,29,31)(H,30,38)(H,32,36)(H,33,37)(H,34,39)(H,40,41)/t15-,16-,17-,18-/m0/s1. The van der Waals surface area contributed by atoms with E-state index < -0.39 is 72.6 Å². The molecular formula is C24H42N10O7. The molecule has 17 nitrogen and oxygen atoms in total. The summed E-state index contributed by atoms with van der Waals surface area (Å²) in [4.78, 5) is 80.2. The zero-order chi connectivity index (χ0) is 30.8. The molecule has 0 unspecified atom stereocenters. The van der Waals surface area contributed by atoms with Crippen LogP contribution >= 0.6 is 0 Å². The second kappa shape index (κ2) is 19.1. The number of hydrogen-bond acceptors (Lipinski definition) is 10. The molecule has 0 aliphatic heterocycles. The summed E-state index contributed by atoms with van der Waals surface area (Å²) >= 11 is 0. The van der Waals surface area contributed by atoms with Gasteiger partial charge in [0.15, 0.2) is 0 Å². The van der Waals surface area contributed by atoms with Crippen LogP contribution in [0.15, 0.2) is 12.5 Å². The lowest BCUT2D eigenvalue weighted by atomic mass is 10.1. The Labute approximate surface area is 237 Å². The normalized spacial score (nSPS) is 13.7. The van der Waals surface area contributed by atoms with Crippen LogP contribution in [0.3, 0.4) is 0 Å². The highest BCUT2D eigenvalue weighted by atomic mass is 16.4. The van der Waals surface area contributed by atoms with Crippen molar-refractivity contribution in [3.63, 3.8) is 0 Å². The number of carboxylic acid groups (broad SMARTS) is 1. The van der Waals surface area contributed by atoms with E-state index in [-0.39, 0.29) is 12.8 Å². The molecule has 41 heavy (non-hydrogen) atoms. The van der Waals surface area contributed by atoms with Crippen molar-refractivity contribution in [1.82, 2.24) is 31.2 Å². The van der Waals surface area contributed by atoms with Crippen LogP contribution in [0.2, 0.25) is 0 Å². The summed E-state index contributed by atoms with van der Waals surface area (Å²) in [7, 11) is 0. The first-order chi connectivity index (χ1) is 19.5. The van der Waals surface area contributed by atoms with Crippen LogP contribution in [-0.2, 0) is 35.2 Å². The van der Waals surface area contributed by atoms with E-state index in [0.29, 0.717) is 50.9 Å². The topological polar surface area (TPSA) is 304 Å². The molecule has 17 heteroatoms.